The molecule has 0 aromatic heterocycles. The third-order valence-electron chi connectivity index (χ3n) is 5.31. The maximum absolute atomic E-state index is 12.6. The number of likely N-dealkylation sites (N-methyl/N-ethyl adjacent to an activating group) is 1. The van der Waals surface area contributed by atoms with Gasteiger partial charge in [0.1, 0.15) is 0 Å². The molecular formula is C22H29N3O3S. The summed E-state index contributed by atoms with van der Waals surface area (Å²) < 4.78 is 26.7. The Morgan fingerprint density at radius 2 is 1.66 bits per heavy atom. The number of ketones is 1. The lowest BCUT2D eigenvalue weighted by molar-refractivity contribution is 0.0988. The Bertz CT molecular complexity index is 906. The first-order valence-corrected chi connectivity index (χ1v) is 11.4. The lowest BCUT2D eigenvalue weighted by Crippen LogP contribution is -2.33. The Labute approximate surface area is 173 Å². The van der Waals surface area contributed by atoms with Crippen molar-refractivity contribution in [2.24, 2.45) is 0 Å². The fraction of sp³-hybridized carbons (Fsp3) is 0.409. The quantitative estimate of drug-likeness (QED) is 0.638. The van der Waals surface area contributed by atoms with E-state index in [9.17, 15) is 13.2 Å². The van der Waals surface area contributed by atoms with Crippen molar-refractivity contribution in [3.8, 4) is 0 Å². The van der Waals surface area contributed by atoms with Gasteiger partial charge in [-0.05, 0) is 44.6 Å². The van der Waals surface area contributed by atoms with Gasteiger partial charge in [-0.2, -0.15) is 4.31 Å². The first kappa shape index (κ1) is 21.6. The molecule has 1 saturated heterocycles. The Morgan fingerprint density at radius 1 is 1.03 bits per heavy atom. The monoisotopic (exact) mass is 415 g/mol. The zero-order chi connectivity index (χ0) is 20.9. The first-order valence-electron chi connectivity index (χ1n) is 9.95. The Morgan fingerprint density at radius 3 is 2.24 bits per heavy atom. The number of benzene rings is 2. The second kappa shape index (κ2) is 9.63. The number of rotatable bonds is 9. The summed E-state index contributed by atoms with van der Waals surface area (Å²) >= 11 is 0. The van der Waals surface area contributed by atoms with Crippen molar-refractivity contribution in [1.29, 1.82) is 0 Å². The van der Waals surface area contributed by atoms with Crippen LogP contribution in [0.4, 0.5) is 0 Å². The van der Waals surface area contributed by atoms with Crippen LogP contribution in [0.2, 0.25) is 0 Å². The molecule has 0 radical (unpaired) electrons. The summed E-state index contributed by atoms with van der Waals surface area (Å²) in [6, 6.07) is 16.6. The van der Waals surface area contributed by atoms with Crippen molar-refractivity contribution in [3.63, 3.8) is 0 Å². The molecule has 3 rings (SSSR count). The molecule has 1 aliphatic rings. The van der Waals surface area contributed by atoms with Crippen LogP contribution in [-0.4, -0.2) is 63.7 Å². The molecule has 7 heteroatoms. The van der Waals surface area contributed by atoms with Crippen molar-refractivity contribution in [2.75, 3.05) is 40.3 Å². The predicted molar refractivity (Wildman–Crippen MR) is 115 cm³/mol. The van der Waals surface area contributed by atoms with Gasteiger partial charge in [0.15, 0.2) is 5.78 Å². The summed E-state index contributed by atoms with van der Waals surface area (Å²) in [4.78, 5) is 14.9. The molecule has 6 nitrogen and oxygen atoms in total. The molecular weight excluding hydrogens is 386 g/mol. The van der Waals surface area contributed by atoms with Crippen molar-refractivity contribution < 1.29 is 13.2 Å². The summed E-state index contributed by atoms with van der Waals surface area (Å²) in [5.41, 5.74) is 1.70. The summed E-state index contributed by atoms with van der Waals surface area (Å²) in [5.74, 6) is -0.0549. The van der Waals surface area contributed by atoms with Gasteiger partial charge in [0.05, 0.1) is 11.4 Å². The number of hydrogen-bond donors (Lipinski definition) is 1. The summed E-state index contributed by atoms with van der Waals surface area (Å²) in [6.45, 7) is 1.99. The normalized spacial score (nSPS) is 16.2. The van der Waals surface area contributed by atoms with Crippen molar-refractivity contribution in [2.45, 2.75) is 23.8 Å². The first-order chi connectivity index (χ1) is 13.9. The molecule has 1 atom stereocenters. The molecule has 0 aliphatic carbocycles. The molecule has 1 aliphatic heterocycles. The maximum Gasteiger partial charge on any atom is 0.243 e. The van der Waals surface area contributed by atoms with Gasteiger partial charge in [-0.25, -0.2) is 8.42 Å². The molecule has 1 fully saturated rings. The molecule has 1 unspecified atom stereocenters. The molecule has 0 amide bonds. The highest BCUT2D eigenvalue weighted by Gasteiger charge is 2.27. The highest BCUT2D eigenvalue weighted by molar-refractivity contribution is 7.89. The van der Waals surface area contributed by atoms with E-state index in [4.69, 9.17) is 0 Å². The standard InChI is InChI=1S/C22H29N3O3S/c1-24(2)21(18-8-4-3-5-9-18)16-23-17-22(26)19-10-12-20(13-11-19)29(27,28)25-14-6-7-15-25/h3-5,8-13,21,23H,6-7,14-17H2,1-2H3. The van der Waals surface area contributed by atoms with Gasteiger partial charge in [0.25, 0.3) is 0 Å². The third kappa shape index (κ3) is 5.30. The predicted octanol–water partition coefficient (Wildman–Crippen LogP) is 2.55. The Kier molecular flexibility index (Phi) is 7.18. The van der Waals surface area contributed by atoms with Crippen LogP contribution >= 0.6 is 0 Å². The average Bonchev–Trinajstić information content (AvgIpc) is 3.27. The van der Waals surface area contributed by atoms with Gasteiger partial charge in [-0.15, -0.1) is 0 Å². The van der Waals surface area contributed by atoms with E-state index in [1.165, 1.54) is 22.0 Å². The van der Waals surface area contributed by atoms with Gasteiger partial charge in [-0.1, -0.05) is 42.5 Å². The lowest BCUT2D eigenvalue weighted by atomic mass is 10.1. The minimum Gasteiger partial charge on any atom is -0.308 e. The summed E-state index contributed by atoms with van der Waals surface area (Å²) in [5, 5.41) is 3.24. The Hall–Kier alpha value is -2.06. The van der Waals surface area contributed by atoms with Gasteiger partial charge in [-0.3, -0.25) is 4.79 Å². The molecule has 2 aromatic rings. The van der Waals surface area contributed by atoms with Crippen LogP contribution in [0, 0.1) is 0 Å². The number of nitrogens with one attached hydrogen (secondary N) is 1. The minimum atomic E-state index is -3.45. The molecule has 156 valence electrons. The lowest BCUT2D eigenvalue weighted by Gasteiger charge is -2.25. The zero-order valence-corrected chi connectivity index (χ0v) is 17.9. The second-order valence-corrected chi connectivity index (χ2v) is 9.52. The van der Waals surface area contributed by atoms with E-state index in [0.717, 1.165) is 12.8 Å². The molecule has 29 heavy (non-hydrogen) atoms. The third-order valence-corrected chi connectivity index (χ3v) is 7.22. The highest BCUT2D eigenvalue weighted by atomic mass is 32.2. The van der Waals surface area contributed by atoms with Crippen LogP contribution in [-0.2, 0) is 10.0 Å². The molecule has 0 spiro atoms. The van der Waals surface area contributed by atoms with E-state index in [1.54, 1.807) is 12.1 Å². The van der Waals surface area contributed by atoms with Crippen molar-refractivity contribution in [1.82, 2.24) is 14.5 Å². The van der Waals surface area contributed by atoms with Crippen LogP contribution in [0.5, 0.6) is 0 Å². The molecule has 1 heterocycles. The van der Waals surface area contributed by atoms with Crippen molar-refractivity contribution in [3.05, 3.63) is 65.7 Å². The van der Waals surface area contributed by atoms with Gasteiger partial charge >= 0.3 is 0 Å². The van der Waals surface area contributed by atoms with Crippen LogP contribution in [0.3, 0.4) is 0 Å². The number of carbonyl (C=O) groups excluding carboxylic acids is 1. The van der Waals surface area contributed by atoms with E-state index < -0.39 is 10.0 Å². The fourth-order valence-electron chi connectivity index (χ4n) is 3.59. The molecule has 2 aromatic carbocycles. The summed E-state index contributed by atoms with van der Waals surface area (Å²) in [7, 11) is 0.581. The minimum absolute atomic E-state index is 0.0549. The van der Waals surface area contributed by atoms with Crippen LogP contribution < -0.4 is 5.32 Å². The molecule has 0 saturated carbocycles. The van der Waals surface area contributed by atoms with E-state index >= 15 is 0 Å². The van der Waals surface area contributed by atoms with Crippen molar-refractivity contribution >= 4 is 15.8 Å². The van der Waals surface area contributed by atoms with E-state index in [-0.39, 0.29) is 23.3 Å². The van der Waals surface area contributed by atoms with E-state index in [2.05, 4.69) is 22.3 Å². The summed E-state index contributed by atoms with van der Waals surface area (Å²) in [6.07, 6.45) is 1.80. The number of nitrogens with zero attached hydrogens (tertiary/aromatic N) is 2. The SMILES string of the molecule is CN(C)C(CNCC(=O)c1ccc(S(=O)(=O)N2CCCC2)cc1)c1ccccc1. The fourth-order valence-corrected chi connectivity index (χ4v) is 5.11. The largest absolute Gasteiger partial charge is 0.308 e. The zero-order valence-electron chi connectivity index (χ0n) is 17.0. The van der Waals surface area contributed by atoms with Crippen LogP contribution in [0.15, 0.2) is 59.5 Å². The smallest absolute Gasteiger partial charge is 0.243 e. The number of Topliss-reactive ketones (excluding diaryl/α,β-unsaturated/α-hetero) is 1. The number of hydrogen-bond acceptors (Lipinski definition) is 5. The van der Waals surface area contributed by atoms with Gasteiger partial charge in [0, 0.05) is 31.2 Å². The van der Waals surface area contributed by atoms with Crippen LogP contribution in [0.1, 0.15) is 34.8 Å². The van der Waals surface area contributed by atoms with E-state index in [1.807, 2.05) is 32.3 Å². The second-order valence-electron chi connectivity index (χ2n) is 7.58. The van der Waals surface area contributed by atoms with Gasteiger partial charge in [0.2, 0.25) is 10.0 Å². The number of carbonyl (C=O) groups is 1. The van der Waals surface area contributed by atoms with E-state index in [0.29, 0.717) is 25.2 Å². The van der Waals surface area contributed by atoms with Crippen LogP contribution in [0.25, 0.3) is 0 Å². The maximum atomic E-state index is 12.6. The Balaban J connectivity index is 1.58. The average molecular weight is 416 g/mol. The molecule has 0 bridgehead atoms. The molecule has 1 N–H and O–H groups in total. The highest BCUT2D eigenvalue weighted by Crippen LogP contribution is 2.21. The van der Waals surface area contributed by atoms with Gasteiger partial charge < -0.3 is 10.2 Å². The topological polar surface area (TPSA) is 69.7 Å². The number of sulfonamides is 1.